The zero-order valence-corrected chi connectivity index (χ0v) is 18.0. The number of benzene rings is 2. The number of piperidine rings is 1. The Kier molecular flexibility index (Phi) is 6.46. The molecular formula is C25H28N4O2. The van der Waals surface area contributed by atoms with E-state index >= 15 is 0 Å². The molecule has 160 valence electrons. The van der Waals surface area contributed by atoms with Crippen LogP contribution in [0.2, 0.25) is 0 Å². The number of nitrogens with one attached hydrogen (secondary N) is 1. The average molecular weight is 417 g/mol. The number of carbonyl (C=O) groups is 1. The number of hydrogen-bond acceptors (Lipinski definition) is 5. The Bertz CT molecular complexity index is 1020. The number of rotatable bonds is 6. The molecule has 0 radical (unpaired) electrons. The van der Waals surface area contributed by atoms with Gasteiger partial charge in [-0.25, -0.2) is 0 Å². The molecular weight excluding hydrogens is 388 g/mol. The lowest BCUT2D eigenvalue weighted by molar-refractivity contribution is -0.125. The molecule has 1 atom stereocenters. The molecule has 6 nitrogen and oxygen atoms in total. The third-order valence-corrected chi connectivity index (χ3v) is 5.74. The number of aryl methyl sites for hydroxylation is 1. The fraction of sp³-hybridized carbons (Fsp3) is 0.320. The van der Waals surface area contributed by atoms with Gasteiger partial charge in [-0.3, -0.25) is 4.79 Å². The highest BCUT2D eigenvalue weighted by Crippen LogP contribution is 2.29. The van der Waals surface area contributed by atoms with Crippen molar-refractivity contribution < 1.29 is 9.53 Å². The molecule has 1 unspecified atom stereocenters. The largest absolute Gasteiger partial charge is 0.496 e. The van der Waals surface area contributed by atoms with Crippen molar-refractivity contribution >= 4 is 11.7 Å². The lowest BCUT2D eigenvalue weighted by Crippen LogP contribution is -2.43. The molecule has 0 spiro atoms. The van der Waals surface area contributed by atoms with Crippen LogP contribution in [0.1, 0.15) is 24.0 Å². The van der Waals surface area contributed by atoms with Gasteiger partial charge < -0.3 is 15.0 Å². The van der Waals surface area contributed by atoms with Gasteiger partial charge in [-0.1, -0.05) is 42.0 Å². The van der Waals surface area contributed by atoms with E-state index in [-0.39, 0.29) is 11.8 Å². The highest BCUT2D eigenvalue weighted by Gasteiger charge is 2.26. The molecule has 1 N–H and O–H groups in total. The molecule has 2 aromatic carbocycles. The highest BCUT2D eigenvalue weighted by molar-refractivity contribution is 5.79. The van der Waals surface area contributed by atoms with Crippen LogP contribution in [0.5, 0.6) is 5.75 Å². The summed E-state index contributed by atoms with van der Waals surface area (Å²) < 4.78 is 5.42. The number of aromatic nitrogens is 2. The number of amides is 1. The first-order valence-electron chi connectivity index (χ1n) is 10.7. The maximum atomic E-state index is 12.7. The van der Waals surface area contributed by atoms with Crippen LogP contribution in [0.3, 0.4) is 0 Å². The maximum absolute atomic E-state index is 12.7. The molecule has 2 heterocycles. The molecule has 0 bridgehead atoms. The SMILES string of the molecule is COc1ccccc1-c1ccc(N2CCCC(C(=O)NCc3ccc(C)cc3)C2)nn1. The van der Waals surface area contributed by atoms with Crippen molar-refractivity contribution in [2.45, 2.75) is 26.3 Å². The van der Waals surface area contributed by atoms with Gasteiger partial charge in [0.05, 0.1) is 18.7 Å². The Morgan fingerprint density at radius 1 is 1.10 bits per heavy atom. The fourth-order valence-electron chi connectivity index (χ4n) is 3.93. The van der Waals surface area contributed by atoms with Crippen LogP contribution < -0.4 is 15.0 Å². The molecule has 1 fully saturated rings. The molecule has 3 aromatic rings. The summed E-state index contributed by atoms with van der Waals surface area (Å²) in [6.45, 7) is 4.15. The zero-order chi connectivity index (χ0) is 21.6. The van der Waals surface area contributed by atoms with Gasteiger partial charge in [0.1, 0.15) is 5.75 Å². The average Bonchev–Trinajstić information content (AvgIpc) is 2.83. The van der Waals surface area contributed by atoms with Gasteiger partial charge >= 0.3 is 0 Å². The van der Waals surface area contributed by atoms with E-state index in [1.807, 2.05) is 36.4 Å². The molecule has 31 heavy (non-hydrogen) atoms. The smallest absolute Gasteiger partial charge is 0.225 e. The number of ether oxygens (including phenoxy) is 1. The van der Waals surface area contributed by atoms with E-state index < -0.39 is 0 Å². The number of methoxy groups -OCH3 is 1. The first-order valence-corrected chi connectivity index (χ1v) is 10.7. The number of carbonyl (C=O) groups excluding carboxylic acids is 1. The Morgan fingerprint density at radius 3 is 2.65 bits per heavy atom. The summed E-state index contributed by atoms with van der Waals surface area (Å²) in [5.74, 6) is 1.63. The van der Waals surface area contributed by atoms with Crippen LogP contribution in [-0.4, -0.2) is 36.3 Å². The van der Waals surface area contributed by atoms with Gasteiger partial charge in [0, 0.05) is 25.2 Å². The minimum Gasteiger partial charge on any atom is -0.496 e. The summed E-state index contributed by atoms with van der Waals surface area (Å²) in [6, 6.07) is 20.0. The molecule has 1 aliphatic rings. The summed E-state index contributed by atoms with van der Waals surface area (Å²) in [4.78, 5) is 14.9. The summed E-state index contributed by atoms with van der Waals surface area (Å²) in [7, 11) is 1.65. The van der Waals surface area contributed by atoms with Crippen LogP contribution in [0.15, 0.2) is 60.7 Å². The van der Waals surface area contributed by atoms with Crippen molar-refractivity contribution in [2.24, 2.45) is 5.92 Å². The second-order valence-electron chi connectivity index (χ2n) is 7.97. The van der Waals surface area contributed by atoms with Gasteiger partial charge in [0.25, 0.3) is 0 Å². The van der Waals surface area contributed by atoms with Crippen LogP contribution in [0.25, 0.3) is 11.3 Å². The standard InChI is InChI=1S/C25H28N4O2/c1-18-9-11-19(12-10-18)16-26-25(30)20-6-5-15-29(17-20)24-14-13-22(27-28-24)21-7-3-4-8-23(21)31-2/h3-4,7-14,20H,5-6,15-17H2,1-2H3,(H,26,30). The highest BCUT2D eigenvalue weighted by atomic mass is 16.5. The Morgan fingerprint density at radius 2 is 1.90 bits per heavy atom. The van der Waals surface area contributed by atoms with E-state index in [4.69, 9.17) is 4.74 Å². The monoisotopic (exact) mass is 416 g/mol. The number of anilines is 1. The maximum Gasteiger partial charge on any atom is 0.225 e. The first kappa shape index (κ1) is 20.8. The van der Waals surface area contributed by atoms with E-state index in [2.05, 4.69) is 51.6 Å². The molecule has 1 amide bonds. The van der Waals surface area contributed by atoms with Gasteiger partial charge in [-0.05, 0) is 49.6 Å². The lowest BCUT2D eigenvalue weighted by atomic mass is 9.97. The summed E-state index contributed by atoms with van der Waals surface area (Å²) >= 11 is 0. The summed E-state index contributed by atoms with van der Waals surface area (Å²) in [5, 5.41) is 11.9. The predicted octanol–water partition coefficient (Wildman–Crippen LogP) is 3.99. The fourth-order valence-corrected chi connectivity index (χ4v) is 3.93. The molecule has 4 rings (SSSR count). The zero-order valence-electron chi connectivity index (χ0n) is 18.0. The summed E-state index contributed by atoms with van der Waals surface area (Å²) in [5.41, 5.74) is 4.02. The Balaban J connectivity index is 1.38. The van der Waals surface area contributed by atoms with Crippen molar-refractivity contribution in [1.82, 2.24) is 15.5 Å². The molecule has 6 heteroatoms. The third-order valence-electron chi connectivity index (χ3n) is 5.74. The topological polar surface area (TPSA) is 67.3 Å². The van der Waals surface area contributed by atoms with Crippen LogP contribution in [0, 0.1) is 12.8 Å². The van der Waals surface area contributed by atoms with Crippen molar-refractivity contribution in [3.8, 4) is 17.0 Å². The number of hydrogen-bond donors (Lipinski definition) is 1. The minimum absolute atomic E-state index is 0.0464. The van der Waals surface area contributed by atoms with Crippen molar-refractivity contribution in [3.05, 3.63) is 71.8 Å². The van der Waals surface area contributed by atoms with Gasteiger partial charge in [0.2, 0.25) is 5.91 Å². The van der Waals surface area contributed by atoms with Crippen LogP contribution >= 0.6 is 0 Å². The minimum atomic E-state index is -0.0464. The predicted molar refractivity (Wildman–Crippen MR) is 122 cm³/mol. The second-order valence-corrected chi connectivity index (χ2v) is 7.97. The van der Waals surface area contributed by atoms with Crippen molar-refractivity contribution in [3.63, 3.8) is 0 Å². The summed E-state index contributed by atoms with van der Waals surface area (Å²) in [6.07, 6.45) is 1.85. The second kappa shape index (κ2) is 9.60. The van der Waals surface area contributed by atoms with E-state index in [1.165, 1.54) is 5.56 Å². The normalized spacial score (nSPS) is 16.1. The quantitative estimate of drug-likeness (QED) is 0.658. The van der Waals surface area contributed by atoms with E-state index in [9.17, 15) is 4.79 Å². The Labute approximate surface area is 183 Å². The van der Waals surface area contributed by atoms with E-state index in [0.29, 0.717) is 13.1 Å². The number of nitrogens with zero attached hydrogens (tertiary/aromatic N) is 3. The van der Waals surface area contributed by atoms with Gasteiger partial charge in [-0.15, -0.1) is 10.2 Å². The van der Waals surface area contributed by atoms with Gasteiger partial charge in [0.15, 0.2) is 5.82 Å². The van der Waals surface area contributed by atoms with Crippen molar-refractivity contribution in [2.75, 3.05) is 25.1 Å². The Hall–Kier alpha value is -3.41. The first-order chi connectivity index (χ1) is 15.1. The van der Waals surface area contributed by atoms with Crippen LogP contribution in [-0.2, 0) is 11.3 Å². The van der Waals surface area contributed by atoms with E-state index in [1.54, 1.807) is 7.11 Å². The lowest BCUT2D eigenvalue weighted by Gasteiger charge is -2.32. The van der Waals surface area contributed by atoms with E-state index in [0.717, 1.165) is 47.8 Å². The third kappa shape index (κ3) is 5.02. The van der Waals surface area contributed by atoms with Crippen LogP contribution in [0.4, 0.5) is 5.82 Å². The molecule has 0 aliphatic carbocycles. The number of para-hydroxylation sites is 1. The molecule has 1 aromatic heterocycles. The molecule has 0 saturated carbocycles. The van der Waals surface area contributed by atoms with Crippen molar-refractivity contribution in [1.29, 1.82) is 0 Å². The van der Waals surface area contributed by atoms with Gasteiger partial charge in [-0.2, -0.15) is 0 Å². The molecule has 1 saturated heterocycles. The molecule has 1 aliphatic heterocycles.